The summed E-state index contributed by atoms with van der Waals surface area (Å²) in [5.41, 5.74) is 1.43. The summed E-state index contributed by atoms with van der Waals surface area (Å²) in [5, 5.41) is 4.10. The maximum Gasteiger partial charge on any atom is 0.262 e. The average molecular weight is 470 g/mol. The van der Waals surface area contributed by atoms with Crippen molar-refractivity contribution in [1.29, 1.82) is 0 Å². The lowest BCUT2D eigenvalue weighted by Crippen LogP contribution is -2.29. The zero-order chi connectivity index (χ0) is 23.8. The Morgan fingerprint density at radius 3 is 2.61 bits per heavy atom. The summed E-state index contributed by atoms with van der Waals surface area (Å²) >= 11 is 1.26. The number of para-hydroxylation sites is 2. The normalized spacial score (nSPS) is 12.2. The van der Waals surface area contributed by atoms with E-state index in [2.05, 4.69) is 10.3 Å². The molecule has 3 aromatic rings. The fourth-order valence-electron chi connectivity index (χ4n) is 3.51. The van der Waals surface area contributed by atoms with Crippen molar-refractivity contribution >= 4 is 28.6 Å². The van der Waals surface area contributed by atoms with Gasteiger partial charge in [0.15, 0.2) is 5.16 Å². The number of methoxy groups -OCH3 is 1. The van der Waals surface area contributed by atoms with Crippen molar-refractivity contribution in [3.63, 3.8) is 0 Å². The molecule has 0 aliphatic rings. The Morgan fingerprint density at radius 2 is 1.85 bits per heavy atom. The Kier molecular flexibility index (Phi) is 8.91. The standard InChI is InChI=1S/C25H31N3O4S/c1-17(2)32-15-9-14-28-24(30)20-11-5-7-12-21(20)27-25(28)33-16-23(29)26-18(3)19-10-6-8-13-22(19)31-4/h5-8,10-13,17-18H,9,14-16H2,1-4H3,(H,26,29). The second-order valence-corrected chi connectivity index (χ2v) is 8.90. The van der Waals surface area contributed by atoms with Gasteiger partial charge in [0.05, 0.1) is 35.9 Å². The van der Waals surface area contributed by atoms with E-state index in [9.17, 15) is 9.59 Å². The molecule has 7 nitrogen and oxygen atoms in total. The lowest BCUT2D eigenvalue weighted by atomic mass is 10.1. The molecule has 0 fully saturated rings. The lowest BCUT2D eigenvalue weighted by Gasteiger charge is -2.17. The molecule has 0 radical (unpaired) electrons. The first kappa shape index (κ1) is 24.8. The molecule has 2 aromatic carbocycles. The molecule has 0 aliphatic carbocycles. The van der Waals surface area contributed by atoms with Crippen LogP contribution in [0.2, 0.25) is 0 Å². The van der Waals surface area contributed by atoms with Crippen LogP contribution in [0.4, 0.5) is 0 Å². The van der Waals surface area contributed by atoms with Crippen LogP contribution in [0, 0.1) is 0 Å². The van der Waals surface area contributed by atoms with Gasteiger partial charge in [0.2, 0.25) is 5.91 Å². The van der Waals surface area contributed by atoms with Gasteiger partial charge in [0.25, 0.3) is 5.56 Å². The number of hydrogen-bond donors (Lipinski definition) is 1. The number of hydrogen-bond acceptors (Lipinski definition) is 6. The quantitative estimate of drug-likeness (QED) is 0.258. The van der Waals surface area contributed by atoms with Crippen molar-refractivity contribution in [2.45, 2.75) is 51.0 Å². The van der Waals surface area contributed by atoms with E-state index in [1.807, 2.05) is 63.2 Å². The molecule has 33 heavy (non-hydrogen) atoms. The van der Waals surface area contributed by atoms with E-state index in [-0.39, 0.29) is 29.4 Å². The molecule has 0 aliphatic heterocycles. The van der Waals surface area contributed by atoms with Gasteiger partial charge in [-0.1, -0.05) is 42.1 Å². The third-order valence-electron chi connectivity index (χ3n) is 5.12. The van der Waals surface area contributed by atoms with Gasteiger partial charge in [-0.25, -0.2) is 4.98 Å². The highest BCUT2D eigenvalue weighted by Crippen LogP contribution is 2.25. The van der Waals surface area contributed by atoms with Gasteiger partial charge in [-0.15, -0.1) is 0 Å². The summed E-state index contributed by atoms with van der Waals surface area (Å²) in [4.78, 5) is 30.5. The number of fused-ring (bicyclic) bond motifs is 1. The molecule has 0 bridgehead atoms. The number of ether oxygens (including phenoxy) is 2. The highest BCUT2D eigenvalue weighted by atomic mass is 32.2. The topological polar surface area (TPSA) is 82.5 Å². The maximum atomic E-state index is 13.1. The zero-order valence-electron chi connectivity index (χ0n) is 19.5. The van der Waals surface area contributed by atoms with Crippen molar-refractivity contribution in [2.24, 2.45) is 0 Å². The molecule has 176 valence electrons. The summed E-state index contributed by atoms with van der Waals surface area (Å²) in [7, 11) is 1.61. The van der Waals surface area contributed by atoms with Gasteiger partial charge >= 0.3 is 0 Å². The van der Waals surface area contributed by atoms with Crippen molar-refractivity contribution in [2.75, 3.05) is 19.5 Å². The number of aromatic nitrogens is 2. The van der Waals surface area contributed by atoms with Gasteiger partial charge in [-0.3, -0.25) is 14.2 Å². The summed E-state index contributed by atoms with van der Waals surface area (Å²) in [6, 6.07) is 14.7. The van der Waals surface area contributed by atoms with E-state index >= 15 is 0 Å². The monoisotopic (exact) mass is 469 g/mol. The van der Waals surface area contributed by atoms with Crippen molar-refractivity contribution in [3.8, 4) is 5.75 Å². The number of benzene rings is 2. The van der Waals surface area contributed by atoms with Crippen molar-refractivity contribution in [3.05, 3.63) is 64.4 Å². The minimum Gasteiger partial charge on any atom is -0.496 e. The van der Waals surface area contributed by atoms with Gasteiger partial charge in [-0.2, -0.15) is 0 Å². The van der Waals surface area contributed by atoms with E-state index < -0.39 is 0 Å². The van der Waals surface area contributed by atoms with Crippen molar-refractivity contribution < 1.29 is 14.3 Å². The molecule has 1 atom stereocenters. The molecule has 0 saturated heterocycles. The Labute approximate surface area is 198 Å². The van der Waals surface area contributed by atoms with Crippen LogP contribution in [0.1, 0.15) is 38.8 Å². The third-order valence-corrected chi connectivity index (χ3v) is 6.10. The number of carbonyl (C=O) groups is 1. The number of amides is 1. The van der Waals surface area contributed by atoms with Gasteiger partial charge in [0, 0.05) is 18.7 Å². The second kappa shape index (κ2) is 11.9. The van der Waals surface area contributed by atoms with Crippen LogP contribution >= 0.6 is 11.8 Å². The van der Waals surface area contributed by atoms with Crippen LogP contribution in [0.5, 0.6) is 5.75 Å². The first-order valence-corrected chi connectivity index (χ1v) is 12.1. The molecule has 1 aromatic heterocycles. The van der Waals surface area contributed by atoms with E-state index in [0.29, 0.717) is 35.6 Å². The number of carbonyl (C=O) groups excluding carboxylic acids is 1. The fraction of sp³-hybridized carbons (Fsp3) is 0.400. The summed E-state index contributed by atoms with van der Waals surface area (Å²) in [6.45, 7) is 6.91. The number of thioether (sulfide) groups is 1. The Hall–Kier alpha value is -2.84. The Balaban J connectivity index is 1.73. The molecule has 0 saturated carbocycles. The molecule has 1 N–H and O–H groups in total. The number of nitrogens with zero attached hydrogens (tertiary/aromatic N) is 2. The molecule has 3 rings (SSSR count). The molecule has 0 spiro atoms. The van der Waals surface area contributed by atoms with E-state index in [0.717, 1.165) is 11.3 Å². The number of rotatable bonds is 11. The predicted molar refractivity (Wildman–Crippen MR) is 132 cm³/mol. The lowest BCUT2D eigenvalue weighted by molar-refractivity contribution is -0.119. The fourth-order valence-corrected chi connectivity index (χ4v) is 4.35. The van der Waals surface area contributed by atoms with Crippen molar-refractivity contribution in [1.82, 2.24) is 14.9 Å². The predicted octanol–water partition coefficient (Wildman–Crippen LogP) is 4.19. The summed E-state index contributed by atoms with van der Waals surface area (Å²) in [6.07, 6.45) is 0.821. The maximum absolute atomic E-state index is 13.1. The van der Waals surface area contributed by atoms with Crippen LogP contribution in [0.25, 0.3) is 10.9 Å². The van der Waals surface area contributed by atoms with E-state index in [4.69, 9.17) is 9.47 Å². The minimum atomic E-state index is -0.214. The average Bonchev–Trinajstić information content (AvgIpc) is 2.81. The summed E-state index contributed by atoms with van der Waals surface area (Å²) in [5.74, 6) is 0.731. The molecule has 8 heteroatoms. The molecule has 1 unspecified atom stereocenters. The Morgan fingerprint density at radius 1 is 1.12 bits per heavy atom. The largest absolute Gasteiger partial charge is 0.496 e. The van der Waals surface area contributed by atoms with Gasteiger partial charge in [0.1, 0.15) is 5.75 Å². The third kappa shape index (κ3) is 6.58. The zero-order valence-corrected chi connectivity index (χ0v) is 20.4. The minimum absolute atomic E-state index is 0.101. The summed E-state index contributed by atoms with van der Waals surface area (Å²) < 4.78 is 12.7. The van der Waals surface area contributed by atoms with Crippen LogP contribution < -0.4 is 15.6 Å². The van der Waals surface area contributed by atoms with Crippen LogP contribution in [0.15, 0.2) is 58.5 Å². The highest BCUT2D eigenvalue weighted by Gasteiger charge is 2.16. The first-order valence-electron chi connectivity index (χ1n) is 11.1. The van der Waals surface area contributed by atoms with Gasteiger partial charge in [-0.05, 0) is 45.4 Å². The molecule has 1 heterocycles. The van der Waals surface area contributed by atoms with Crippen LogP contribution in [-0.2, 0) is 16.1 Å². The smallest absolute Gasteiger partial charge is 0.262 e. The Bertz CT molecular complexity index is 1150. The first-order chi connectivity index (χ1) is 15.9. The van der Waals surface area contributed by atoms with Crippen LogP contribution in [0.3, 0.4) is 0 Å². The SMILES string of the molecule is COc1ccccc1C(C)NC(=O)CSc1nc2ccccc2c(=O)n1CCCOC(C)C. The van der Waals surface area contributed by atoms with Gasteiger partial charge < -0.3 is 14.8 Å². The molecular formula is C25H31N3O4S. The van der Waals surface area contributed by atoms with Crippen LogP contribution in [-0.4, -0.2) is 41.0 Å². The van der Waals surface area contributed by atoms with E-state index in [1.54, 1.807) is 17.7 Å². The highest BCUT2D eigenvalue weighted by molar-refractivity contribution is 7.99. The second-order valence-electron chi connectivity index (χ2n) is 7.96. The molecular weight excluding hydrogens is 438 g/mol. The number of nitrogens with one attached hydrogen (secondary N) is 1. The van der Waals surface area contributed by atoms with E-state index in [1.165, 1.54) is 11.8 Å². The molecule has 1 amide bonds.